The number of nitrogens with zero attached hydrogens (tertiary/aromatic N) is 2. The largest absolute Gasteiger partial charge is 0.370 e. The van der Waals surface area contributed by atoms with Crippen LogP contribution in [0.25, 0.3) is 0 Å². The van der Waals surface area contributed by atoms with E-state index in [-0.39, 0.29) is 5.56 Å². The van der Waals surface area contributed by atoms with Gasteiger partial charge >= 0.3 is 0 Å². The van der Waals surface area contributed by atoms with E-state index in [0.717, 1.165) is 12.8 Å². The fraction of sp³-hybridized carbons (Fsp3) is 0.583. The molecule has 1 aliphatic carbocycles. The highest BCUT2D eigenvalue weighted by Gasteiger charge is 2.12. The zero-order valence-electron chi connectivity index (χ0n) is 10.6. The van der Waals surface area contributed by atoms with Gasteiger partial charge in [0.2, 0.25) is 5.95 Å². The van der Waals surface area contributed by atoms with E-state index in [9.17, 15) is 4.79 Å². The molecule has 1 fully saturated rings. The fourth-order valence-corrected chi connectivity index (χ4v) is 2.20. The van der Waals surface area contributed by atoms with Crippen LogP contribution in [0.4, 0.5) is 5.95 Å². The lowest BCUT2D eigenvalue weighted by Gasteiger charge is -2.18. The number of aryl methyl sites for hydroxylation is 1. The van der Waals surface area contributed by atoms with Crippen molar-refractivity contribution in [1.82, 2.24) is 9.97 Å². The van der Waals surface area contributed by atoms with Crippen molar-refractivity contribution in [1.29, 1.82) is 0 Å². The van der Waals surface area contributed by atoms with Crippen LogP contribution in [0.5, 0.6) is 0 Å². The molecule has 0 bridgehead atoms. The van der Waals surface area contributed by atoms with Crippen molar-refractivity contribution in [3.8, 4) is 0 Å². The van der Waals surface area contributed by atoms with Gasteiger partial charge in [0.05, 0.1) is 6.04 Å². The molecular weight excluding hydrogens is 230 g/mol. The van der Waals surface area contributed by atoms with Gasteiger partial charge in [-0.1, -0.05) is 19.3 Å². The van der Waals surface area contributed by atoms with Gasteiger partial charge in [-0.05, 0) is 19.8 Å². The van der Waals surface area contributed by atoms with Gasteiger partial charge in [0, 0.05) is 11.8 Å². The molecule has 0 amide bonds. The monoisotopic (exact) mass is 249 g/mol. The number of nitrogens with one attached hydrogen (secondary N) is 2. The Hall–Kier alpha value is -1.85. The Kier molecular flexibility index (Phi) is 3.96. The molecule has 0 aliphatic heterocycles. The number of nitrogens with two attached hydrogens (primary N) is 1. The zero-order valence-corrected chi connectivity index (χ0v) is 10.6. The highest BCUT2D eigenvalue weighted by Crippen LogP contribution is 2.20. The predicted octanol–water partition coefficient (Wildman–Crippen LogP) is 1.14. The summed E-state index contributed by atoms with van der Waals surface area (Å²) in [6.07, 6.45) is 5.87. The molecule has 2 rings (SSSR count). The summed E-state index contributed by atoms with van der Waals surface area (Å²) in [5.41, 5.74) is 6.26. The second-order valence-electron chi connectivity index (χ2n) is 4.67. The molecular formula is C12H19N5O. The molecule has 0 atom stereocenters. The minimum atomic E-state index is -0.199. The number of hydrogen-bond donors (Lipinski definition) is 3. The van der Waals surface area contributed by atoms with Gasteiger partial charge < -0.3 is 5.73 Å². The first-order chi connectivity index (χ1) is 8.63. The number of anilines is 1. The van der Waals surface area contributed by atoms with Crippen molar-refractivity contribution in [2.24, 2.45) is 10.7 Å². The Morgan fingerprint density at radius 3 is 2.89 bits per heavy atom. The normalized spacial score (nSPS) is 17.7. The molecule has 0 aromatic carbocycles. The van der Waals surface area contributed by atoms with Crippen LogP contribution in [0.3, 0.4) is 0 Å². The highest BCUT2D eigenvalue weighted by atomic mass is 16.1. The standard InChI is InChI=1S/C12H19N5O/c1-8-7-10(18)16-12(14-8)17-11(13)15-9-5-3-2-4-6-9/h7,9H,2-6H2,1H3,(H4,13,14,15,16,17,18). The van der Waals surface area contributed by atoms with Crippen molar-refractivity contribution in [3.63, 3.8) is 0 Å². The van der Waals surface area contributed by atoms with Gasteiger partial charge in [0.15, 0.2) is 5.96 Å². The lowest BCUT2D eigenvalue weighted by atomic mass is 9.96. The summed E-state index contributed by atoms with van der Waals surface area (Å²) in [4.78, 5) is 22.4. The summed E-state index contributed by atoms with van der Waals surface area (Å²) >= 11 is 0. The predicted molar refractivity (Wildman–Crippen MR) is 71.7 cm³/mol. The van der Waals surface area contributed by atoms with Crippen LogP contribution in [0.15, 0.2) is 15.9 Å². The van der Waals surface area contributed by atoms with Gasteiger partial charge in [0.25, 0.3) is 5.56 Å². The summed E-state index contributed by atoms with van der Waals surface area (Å²) in [7, 11) is 0. The van der Waals surface area contributed by atoms with Crippen LogP contribution < -0.4 is 16.6 Å². The van der Waals surface area contributed by atoms with E-state index >= 15 is 0 Å². The highest BCUT2D eigenvalue weighted by molar-refractivity contribution is 5.90. The third kappa shape index (κ3) is 3.58. The van der Waals surface area contributed by atoms with Crippen LogP contribution in [0.2, 0.25) is 0 Å². The van der Waals surface area contributed by atoms with Crippen molar-refractivity contribution in [2.45, 2.75) is 45.1 Å². The van der Waals surface area contributed by atoms with Crippen molar-refractivity contribution in [2.75, 3.05) is 5.32 Å². The second-order valence-corrected chi connectivity index (χ2v) is 4.67. The lowest BCUT2D eigenvalue weighted by molar-refractivity contribution is 0.443. The van der Waals surface area contributed by atoms with Crippen molar-refractivity contribution >= 4 is 11.9 Å². The van der Waals surface area contributed by atoms with Crippen LogP contribution in [0, 0.1) is 6.92 Å². The van der Waals surface area contributed by atoms with E-state index in [2.05, 4.69) is 20.3 Å². The molecule has 4 N–H and O–H groups in total. The maximum Gasteiger partial charge on any atom is 0.252 e. The molecule has 0 spiro atoms. The van der Waals surface area contributed by atoms with Gasteiger partial charge in [-0.15, -0.1) is 0 Å². The van der Waals surface area contributed by atoms with E-state index in [1.54, 1.807) is 6.92 Å². The minimum Gasteiger partial charge on any atom is -0.370 e. The van der Waals surface area contributed by atoms with E-state index in [4.69, 9.17) is 5.73 Å². The third-order valence-electron chi connectivity index (χ3n) is 3.01. The van der Waals surface area contributed by atoms with E-state index < -0.39 is 0 Å². The van der Waals surface area contributed by atoms with Crippen LogP contribution >= 0.6 is 0 Å². The number of aromatic amines is 1. The third-order valence-corrected chi connectivity index (χ3v) is 3.01. The first kappa shape index (κ1) is 12.6. The molecule has 1 heterocycles. The Labute approximate surface area is 106 Å². The first-order valence-electron chi connectivity index (χ1n) is 6.32. The van der Waals surface area contributed by atoms with Crippen molar-refractivity contribution in [3.05, 3.63) is 22.1 Å². The molecule has 6 nitrogen and oxygen atoms in total. The molecule has 1 saturated carbocycles. The maximum absolute atomic E-state index is 11.3. The lowest BCUT2D eigenvalue weighted by Crippen LogP contribution is -2.28. The summed E-state index contributed by atoms with van der Waals surface area (Å²) < 4.78 is 0. The van der Waals surface area contributed by atoms with Crippen LogP contribution in [-0.2, 0) is 0 Å². The number of hydrogen-bond acceptors (Lipinski definition) is 3. The summed E-state index contributed by atoms with van der Waals surface area (Å²) in [6.45, 7) is 1.76. The van der Waals surface area contributed by atoms with Gasteiger partial charge in [-0.3, -0.25) is 15.1 Å². The van der Waals surface area contributed by atoms with E-state index in [1.807, 2.05) is 0 Å². The summed E-state index contributed by atoms with van der Waals surface area (Å²) in [5, 5.41) is 2.83. The minimum absolute atomic E-state index is 0.199. The molecule has 0 radical (unpaired) electrons. The van der Waals surface area contributed by atoms with Gasteiger partial charge in [0.1, 0.15) is 0 Å². The summed E-state index contributed by atoms with van der Waals surface area (Å²) in [5.74, 6) is 0.660. The van der Waals surface area contributed by atoms with Crippen molar-refractivity contribution < 1.29 is 0 Å². The Morgan fingerprint density at radius 2 is 2.22 bits per heavy atom. The first-order valence-corrected chi connectivity index (χ1v) is 6.32. The van der Waals surface area contributed by atoms with E-state index in [0.29, 0.717) is 23.6 Å². The average Bonchev–Trinajstić information content (AvgIpc) is 2.28. The van der Waals surface area contributed by atoms with Crippen LogP contribution in [0.1, 0.15) is 37.8 Å². The number of aromatic nitrogens is 2. The molecule has 18 heavy (non-hydrogen) atoms. The topological polar surface area (TPSA) is 96.2 Å². The molecule has 0 saturated heterocycles. The Bertz CT molecular complexity index is 487. The van der Waals surface area contributed by atoms with Gasteiger partial charge in [-0.2, -0.15) is 0 Å². The number of aliphatic imine (C=N–C) groups is 1. The molecule has 98 valence electrons. The van der Waals surface area contributed by atoms with Gasteiger partial charge in [-0.25, -0.2) is 9.98 Å². The molecule has 1 aliphatic rings. The smallest absolute Gasteiger partial charge is 0.252 e. The Morgan fingerprint density at radius 1 is 1.50 bits per heavy atom. The fourth-order valence-electron chi connectivity index (χ4n) is 2.20. The number of guanidine groups is 1. The molecule has 1 aromatic rings. The molecule has 1 aromatic heterocycles. The van der Waals surface area contributed by atoms with E-state index in [1.165, 1.54) is 25.3 Å². The van der Waals surface area contributed by atoms with Crippen LogP contribution in [-0.4, -0.2) is 22.0 Å². The zero-order chi connectivity index (χ0) is 13.0. The quantitative estimate of drug-likeness (QED) is 0.541. The SMILES string of the molecule is Cc1cc(=O)[nH]c(NC(N)=NC2CCCCC2)n1. The maximum atomic E-state index is 11.3. The number of H-pyrrole nitrogens is 1. The second kappa shape index (κ2) is 5.66. The Balaban J connectivity index is 2.03. The number of rotatable bonds is 2. The summed E-state index contributed by atoms with van der Waals surface area (Å²) in [6, 6.07) is 1.72. The average molecular weight is 249 g/mol. The molecule has 6 heteroatoms. The molecule has 0 unspecified atom stereocenters.